The number of nitrogens with zero attached hydrogens (tertiary/aromatic N) is 3. The van der Waals surface area contributed by atoms with Crippen molar-refractivity contribution < 1.29 is 13.2 Å². The molecule has 0 spiro atoms. The summed E-state index contributed by atoms with van der Waals surface area (Å²) in [5.41, 5.74) is 2.20. The lowest BCUT2D eigenvalue weighted by atomic mass is 9.60. The Kier molecular flexibility index (Phi) is 6.66. The van der Waals surface area contributed by atoms with Crippen LogP contribution in [0.25, 0.3) is 0 Å². The SMILES string of the molecule is CCn1nc(S(=O)(=O)N(Cc2ccccc2)B(C)Cc2ccccc2)cc1C=O. The smallest absolute Gasteiger partial charge is 0.252 e. The van der Waals surface area contributed by atoms with Crippen molar-refractivity contribution in [1.29, 1.82) is 0 Å². The molecule has 8 heteroatoms. The second-order valence-corrected chi connectivity index (χ2v) is 8.75. The molecule has 0 aliphatic carbocycles. The fourth-order valence-corrected chi connectivity index (χ4v) is 4.88. The van der Waals surface area contributed by atoms with E-state index >= 15 is 0 Å². The van der Waals surface area contributed by atoms with Gasteiger partial charge in [0.15, 0.2) is 11.3 Å². The van der Waals surface area contributed by atoms with Crippen molar-refractivity contribution in [2.75, 3.05) is 0 Å². The van der Waals surface area contributed by atoms with Crippen molar-refractivity contribution in [1.82, 2.24) is 14.0 Å². The molecule has 0 saturated carbocycles. The number of carbonyl (C=O) groups excluding carboxylic acids is 1. The molecule has 0 fully saturated rings. The highest BCUT2D eigenvalue weighted by Crippen LogP contribution is 2.21. The summed E-state index contributed by atoms with van der Waals surface area (Å²) in [5.74, 6) is 0. The van der Waals surface area contributed by atoms with Gasteiger partial charge in [-0.25, -0.2) is 12.6 Å². The summed E-state index contributed by atoms with van der Waals surface area (Å²) in [6.45, 7) is 4.06. The summed E-state index contributed by atoms with van der Waals surface area (Å²) in [7, 11) is -3.90. The van der Waals surface area contributed by atoms with Crippen LogP contribution in [0.5, 0.6) is 0 Å². The third-order valence-corrected chi connectivity index (χ3v) is 6.66. The van der Waals surface area contributed by atoms with Gasteiger partial charge in [0.25, 0.3) is 10.0 Å². The Morgan fingerprint density at radius 1 is 1.03 bits per heavy atom. The minimum absolute atomic E-state index is 0.0997. The Hall–Kier alpha value is -2.71. The number of benzene rings is 2. The topological polar surface area (TPSA) is 72.3 Å². The van der Waals surface area contributed by atoms with Gasteiger partial charge in [0.2, 0.25) is 6.85 Å². The number of rotatable bonds is 9. The van der Waals surface area contributed by atoms with Gasteiger partial charge >= 0.3 is 0 Å². The molecule has 0 aliphatic heterocycles. The van der Waals surface area contributed by atoms with Crippen LogP contribution in [-0.2, 0) is 29.4 Å². The molecule has 2 aromatic carbocycles. The Labute approximate surface area is 172 Å². The Bertz CT molecular complexity index is 1050. The molecule has 0 atom stereocenters. The van der Waals surface area contributed by atoms with E-state index in [1.807, 2.05) is 74.4 Å². The Morgan fingerprint density at radius 2 is 1.62 bits per heavy atom. The number of hydrogen-bond acceptors (Lipinski definition) is 4. The lowest BCUT2D eigenvalue weighted by Gasteiger charge is -2.26. The molecule has 0 unspecified atom stereocenters. The summed E-state index contributed by atoms with van der Waals surface area (Å²) in [5, 5.41) is 4.08. The first kappa shape index (κ1) is 21.0. The van der Waals surface area contributed by atoms with Gasteiger partial charge in [-0.1, -0.05) is 73.1 Å². The summed E-state index contributed by atoms with van der Waals surface area (Å²) in [6, 6.07) is 20.6. The zero-order valence-electron chi connectivity index (χ0n) is 16.6. The highest BCUT2D eigenvalue weighted by Gasteiger charge is 2.33. The minimum Gasteiger partial charge on any atom is -0.296 e. The third-order valence-electron chi connectivity index (χ3n) is 4.83. The maximum Gasteiger partial charge on any atom is 0.252 e. The third kappa shape index (κ3) is 4.83. The van der Waals surface area contributed by atoms with Gasteiger partial charge in [0.05, 0.1) is 0 Å². The fourth-order valence-electron chi connectivity index (χ4n) is 3.30. The predicted octanol–water partition coefficient (Wildman–Crippen LogP) is 3.31. The minimum atomic E-state index is -3.90. The van der Waals surface area contributed by atoms with Gasteiger partial charge in [-0.3, -0.25) is 9.48 Å². The molecule has 0 saturated heterocycles. The largest absolute Gasteiger partial charge is 0.296 e. The van der Waals surface area contributed by atoms with E-state index < -0.39 is 10.0 Å². The summed E-state index contributed by atoms with van der Waals surface area (Å²) >= 11 is 0. The summed E-state index contributed by atoms with van der Waals surface area (Å²) in [6.07, 6.45) is 1.20. The Morgan fingerprint density at radius 3 is 2.14 bits per heavy atom. The maximum absolute atomic E-state index is 13.5. The van der Waals surface area contributed by atoms with Crippen LogP contribution >= 0.6 is 0 Å². The molecule has 3 rings (SSSR count). The zero-order valence-corrected chi connectivity index (χ0v) is 17.4. The molecule has 29 heavy (non-hydrogen) atoms. The van der Waals surface area contributed by atoms with E-state index in [0.717, 1.165) is 11.1 Å². The van der Waals surface area contributed by atoms with E-state index in [4.69, 9.17) is 0 Å². The van der Waals surface area contributed by atoms with Crippen LogP contribution in [0.4, 0.5) is 0 Å². The molecule has 1 heterocycles. The lowest BCUT2D eigenvalue weighted by Crippen LogP contribution is -2.43. The summed E-state index contributed by atoms with van der Waals surface area (Å²) in [4.78, 5) is 11.3. The lowest BCUT2D eigenvalue weighted by molar-refractivity contribution is 0.111. The maximum atomic E-state index is 13.5. The van der Waals surface area contributed by atoms with Crippen molar-refractivity contribution >= 4 is 23.2 Å². The van der Waals surface area contributed by atoms with E-state index in [2.05, 4.69) is 5.10 Å². The van der Waals surface area contributed by atoms with Crippen LogP contribution < -0.4 is 0 Å². The van der Waals surface area contributed by atoms with Crippen LogP contribution in [0, 0.1) is 0 Å². The van der Waals surface area contributed by atoms with Gasteiger partial charge < -0.3 is 0 Å². The number of hydrogen-bond donors (Lipinski definition) is 0. The zero-order chi connectivity index (χ0) is 20.9. The first-order valence-corrected chi connectivity index (χ1v) is 11.0. The number of carbonyl (C=O) groups is 1. The molecule has 0 bridgehead atoms. The van der Waals surface area contributed by atoms with E-state index in [-0.39, 0.29) is 24.1 Å². The van der Waals surface area contributed by atoms with E-state index in [9.17, 15) is 13.2 Å². The van der Waals surface area contributed by atoms with Gasteiger partial charge in [0, 0.05) is 19.2 Å². The number of aryl methyl sites for hydroxylation is 1. The van der Waals surface area contributed by atoms with Crippen molar-refractivity contribution in [3.63, 3.8) is 0 Å². The first-order valence-electron chi connectivity index (χ1n) is 9.58. The van der Waals surface area contributed by atoms with Crippen LogP contribution in [0.3, 0.4) is 0 Å². The quantitative estimate of drug-likeness (QED) is 0.402. The van der Waals surface area contributed by atoms with Crippen LogP contribution in [-0.4, -0.2) is 35.5 Å². The second kappa shape index (κ2) is 9.20. The fraction of sp³-hybridized carbons (Fsp3) is 0.238. The van der Waals surface area contributed by atoms with E-state index in [1.165, 1.54) is 15.0 Å². The molecule has 3 aromatic rings. The van der Waals surface area contributed by atoms with Crippen molar-refractivity contribution in [3.05, 3.63) is 83.6 Å². The average molecular weight is 409 g/mol. The molecule has 0 radical (unpaired) electrons. The number of aromatic nitrogens is 2. The molecule has 150 valence electrons. The number of aldehydes is 1. The average Bonchev–Trinajstić information content (AvgIpc) is 3.18. The van der Waals surface area contributed by atoms with Gasteiger partial charge in [-0.05, 0) is 18.8 Å². The van der Waals surface area contributed by atoms with Crippen LogP contribution in [0.2, 0.25) is 6.82 Å². The molecule has 0 amide bonds. The first-order chi connectivity index (χ1) is 14.0. The normalized spacial score (nSPS) is 11.6. The van der Waals surface area contributed by atoms with Gasteiger partial charge in [-0.15, -0.1) is 0 Å². The molecule has 1 aromatic heterocycles. The highest BCUT2D eigenvalue weighted by atomic mass is 32.2. The van der Waals surface area contributed by atoms with Crippen LogP contribution in [0.15, 0.2) is 71.8 Å². The molecule has 6 nitrogen and oxygen atoms in total. The van der Waals surface area contributed by atoms with E-state index in [1.54, 1.807) is 0 Å². The molecule has 0 N–H and O–H groups in total. The van der Waals surface area contributed by atoms with Crippen molar-refractivity contribution in [2.45, 2.75) is 38.2 Å². The van der Waals surface area contributed by atoms with Gasteiger partial charge in [-0.2, -0.15) is 5.10 Å². The molecular weight excluding hydrogens is 385 g/mol. The van der Waals surface area contributed by atoms with Crippen LogP contribution in [0.1, 0.15) is 28.5 Å². The van der Waals surface area contributed by atoms with Crippen molar-refractivity contribution in [3.8, 4) is 0 Å². The Balaban J connectivity index is 1.98. The second-order valence-electron chi connectivity index (χ2n) is 6.92. The highest BCUT2D eigenvalue weighted by molar-refractivity contribution is 7.90. The van der Waals surface area contributed by atoms with E-state index in [0.29, 0.717) is 19.2 Å². The predicted molar refractivity (Wildman–Crippen MR) is 114 cm³/mol. The van der Waals surface area contributed by atoms with Crippen molar-refractivity contribution in [2.24, 2.45) is 0 Å². The number of sulfonamides is 1. The molecule has 0 aliphatic rings. The molecular formula is C21H24BN3O3S. The monoisotopic (exact) mass is 409 g/mol. The summed E-state index contributed by atoms with van der Waals surface area (Å²) < 4.78 is 29.9. The standard InChI is InChI=1S/C21H24BN3O3S/c1-3-24-20(17-26)14-21(23-24)29(27,28)25(16-19-12-8-5-9-13-19)22(2)15-18-10-6-4-7-11-18/h4-14,17H,3,15-16H2,1-2H3. The van der Waals surface area contributed by atoms with Gasteiger partial charge in [0.1, 0.15) is 5.69 Å².